The first-order valence-corrected chi connectivity index (χ1v) is 9.91. The zero-order valence-corrected chi connectivity index (χ0v) is 15.3. The fraction of sp³-hybridized carbons (Fsp3) is 0.533. The Morgan fingerprint density at radius 2 is 1.92 bits per heavy atom. The number of hydrogen-bond donors (Lipinski definition) is 2. The van der Waals surface area contributed by atoms with Gasteiger partial charge in [0.2, 0.25) is 15.9 Å². The quantitative estimate of drug-likeness (QED) is 0.804. The first-order chi connectivity index (χ1) is 11.3. The largest absolute Gasteiger partial charge is 0.495 e. The van der Waals surface area contributed by atoms with Crippen molar-refractivity contribution in [1.82, 2.24) is 10.0 Å². The lowest BCUT2D eigenvalue weighted by molar-refractivity contribution is -0.123. The van der Waals surface area contributed by atoms with Crippen LogP contribution in [-0.2, 0) is 14.8 Å². The predicted molar refractivity (Wildman–Crippen MR) is 91.0 cm³/mol. The third-order valence-electron chi connectivity index (χ3n) is 4.40. The molecule has 1 saturated heterocycles. The molecular formula is C15H18Cl2N2O4S. The van der Waals surface area contributed by atoms with E-state index >= 15 is 0 Å². The van der Waals surface area contributed by atoms with Crippen molar-refractivity contribution in [1.29, 1.82) is 0 Å². The summed E-state index contributed by atoms with van der Waals surface area (Å²) >= 11 is 12.2. The molecule has 9 heteroatoms. The molecule has 132 valence electrons. The summed E-state index contributed by atoms with van der Waals surface area (Å²) in [5, 5.41) is 2.88. The monoisotopic (exact) mass is 392 g/mol. The Morgan fingerprint density at radius 1 is 1.21 bits per heavy atom. The molecule has 2 unspecified atom stereocenters. The van der Waals surface area contributed by atoms with Gasteiger partial charge < -0.3 is 10.1 Å². The van der Waals surface area contributed by atoms with Gasteiger partial charge in [-0.15, -0.1) is 0 Å². The number of methoxy groups -OCH3 is 1. The normalized spacial score (nSPS) is 24.5. The summed E-state index contributed by atoms with van der Waals surface area (Å²) in [7, 11) is -2.44. The van der Waals surface area contributed by atoms with Gasteiger partial charge in [-0.05, 0) is 37.3 Å². The molecule has 0 bridgehead atoms. The second kappa shape index (κ2) is 6.71. The zero-order valence-electron chi connectivity index (χ0n) is 13.0. The summed E-state index contributed by atoms with van der Waals surface area (Å²) in [6.45, 7) is 0. The summed E-state index contributed by atoms with van der Waals surface area (Å²) in [5.41, 5.74) is 0. The van der Waals surface area contributed by atoms with Crippen molar-refractivity contribution in [2.24, 2.45) is 5.92 Å². The van der Waals surface area contributed by atoms with Gasteiger partial charge in [0.1, 0.15) is 15.7 Å². The van der Waals surface area contributed by atoms with Crippen LogP contribution in [0.15, 0.2) is 17.0 Å². The van der Waals surface area contributed by atoms with Gasteiger partial charge in [0.05, 0.1) is 12.1 Å². The molecule has 1 heterocycles. The molecule has 2 atom stereocenters. The Balaban J connectivity index is 1.85. The smallest absolute Gasteiger partial charge is 0.242 e. The van der Waals surface area contributed by atoms with Gasteiger partial charge in [-0.25, -0.2) is 13.1 Å². The summed E-state index contributed by atoms with van der Waals surface area (Å²) in [4.78, 5) is 11.5. The Bertz CT molecular complexity index is 765. The van der Waals surface area contributed by atoms with E-state index in [-0.39, 0.29) is 32.9 Å². The molecule has 24 heavy (non-hydrogen) atoms. The van der Waals surface area contributed by atoms with Gasteiger partial charge in [0.25, 0.3) is 0 Å². The van der Waals surface area contributed by atoms with Crippen molar-refractivity contribution in [2.75, 3.05) is 7.11 Å². The number of amides is 1. The molecule has 2 aliphatic rings. The van der Waals surface area contributed by atoms with Gasteiger partial charge in [-0.1, -0.05) is 23.2 Å². The van der Waals surface area contributed by atoms with E-state index in [4.69, 9.17) is 27.9 Å². The maximum atomic E-state index is 12.7. The van der Waals surface area contributed by atoms with Crippen LogP contribution in [0.1, 0.15) is 25.7 Å². The average Bonchev–Trinajstić information content (AvgIpc) is 3.36. The van der Waals surface area contributed by atoms with Crippen molar-refractivity contribution in [2.45, 2.75) is 42.7 Å². The standard InChI is InChI=1S/C15H18Cl2N2O4S/c1-23-10-5-6-11(14(17)13(10)16)24(21,22)19-9-4-7-12(20)18-15(9)8-2-3-8/h5-6,8-9,15,19H,2-4,7H2,1H3,(H,18,20). The van der Waals surface area contributed by atoms with Gasteiger partial charge in [-0.3, -0.25) is 4.79 Å². The van der Waals surface area contributed by atoms with Gasteiger partial charge in [-0.2, -0.15) is 0 Å². The number of piperidine rings is 1. The van der Waals surface area contributed by atoms with E-state index in [1.54, 1.807) is 0 Å². The minimum absolute atomic E-state index is 0.0344. The summed E-state index contributed by atoms with van der Waals surface area (Å²) in [6, 6.07) is 2.30. The lowest BCUT2D eigenvalue weighted by Gasteiger charge is -2.32. The van der Waals surface area contributed by atoms with Crippen molar-refractivity contribution in [3.05, 3.63) is 22.2 Å². The molecular weight excluding hydrogens is 375 g/mol. The average molecular weight is 393 g/mol. The molecule has 2 fully saturated rings. The summed E-state index contributed by atoms with van der Waals surface area (Å²) in [6.07, 6.45) is 2.76. The van der Waals surface area contributed by atoms with Crippen LogP contribution in [0.2, 0.25) is 10.0 Å². The van der Waals surface area contributed by atoms with Crippen LogP contribution >= 0.6 is 23.2 Å². The SMILES string of the molecule is COc1ccc(S(=O)(=O)NC2CCC(=O)NC2C2CC2)c(Cl)c1Cl. The number of rotatable bonds is 5. The number of ether oxygens (including phenoxy) is 1. The van der Waals surface area contributed by atoms with E-state index in [0.717, 1.165) is 12.8 Å². The Labute approximate surface area is 150 Å². The number of carbonyl (C=O) groups is 1. The molecule has 6 nitrogen and oxygen atoms in total. The Hall–Kier alpha value is -1.02. The van der Waals surface area contributed by atoms with E-state index in [9.17, 15) is 13.2 Å². The third-order valence-corrected chi connectivity index (χ3v) is 6.91. The highest BCUT2D eigenvalue weighted by Gasteiger charge is 2.41. The van der Waals surface area contributed by atoms with Crippen LogP contribution in [0.3, 0.4) is 0 Å². The van der Waals surface area contributed by atoms with Crippen LogP contribution in [0.25, 0.3) is 0 Å². The van der Waals surface area contributed by atoms with E-state index in [1.807, 2.05) is 0 Å². The minimum atomic E-state index is -3.87. The number of halogens is 2. The predicted octanol–water partition coefficient (Wildman–Crippen LogP) is 2.34. The lowest BCUT2D eigenvalue weighted by atomic mass is 9.95. The first-order valence-electron chi connectivity index (χ1n) is 7.67. The Kier molecular flexibility index (Phi) is 4.97. The maximum absolute atomic E-state index is 12.7. The van der Waals surface area contributed by atoms with Gasteiger partial charge in [0.15, 0.2) is 0 Å². The maximum Gasteiger partial charge on any atom is 0.242 e. The highest BCUT2D eigenvalue weighted by atomic mass is 35.5. The molecule has 1 amide bonds. The van der Waals surface area contributed by atoms with E-state index in [0.29, 0.717) is 24.5 Å². The third kappa shape index (κ3) is 3.49. The molecule has 1 saturated carbocycles. The number of nitrogens with one attached hydrogen (secondary N) is 2. The fourth-order valence-electron chi connectivity index (χ4n) is 3.00. The van der Waals surface area contributed by atoms with E-state index in [1.165, 1.54) is 19.2 Å². The van der Waals surface area contributed by atoms with Crippen LogP contribution in [-0.4, -0.2) is 33.5 Å². The van der Waals surface area contributed by atoms with Crippen LogP contribution < -0.4 is 14.8 Å². The van der Waals surface area contributed by atoms with Gasteiger partial charge >= 0.3 is 0 Å². The lowest BCUT2D eigenvalue weighted by Crippen LogP contribution is -2.56. The number of benzene rings is 1. The molecule has 0 aromatic heterocycles. The van der Waals surface area contributed by atoms with Crippen LogP contribution in [0.4, 0.5) is 0 Å². The second-order valence-corrected chi connectivity index (χ2v) is 8.53. The van der Waals surface area contributed by atoms with E-state index < -0.39 is 10.0 Å². The molecule has 3 rings (SSSR count). The number of carbonyl (C=O) groups excluding carboxylic acids is 1. The zero-order chi connectivity index (χ0) is 17.5. The van der Waals surface area contributed by atoms with Crippen molar-refractivity contribution in [3.8, 4) is 5.75 Å². The fourth-order valence-corrected chi connectivity index (χ4v) is 5.13. The molecule has 2 N–H and O–H groups in total. The highest BCUT2D eigenvalue weighted by molar-refractivity contribution is 7.89. The van der Waals surface area contributed by atoms with E-state index in [2.05, 4.69) is 10.0 Å². The molecule has 0 radical (unpaired) electrons. The van der Waals surface area contributed by atoms with Crippen molar-refractivity contribution in [3.63, 3.8) is 0 Å². The molecule has 1 aliphatic heterocycles. The van der Waals surface area contributed by atoms with Crippen molar-refractivity contribution < 1.29 is 17.9 Å². The minimum Gasteiger partial charge on any atom is -0.495 e. The number of sulfonamides is 1. The van der Waals surface area contributed by atoms with Crippen LogP contribution in [0.5, 0.6) is 5.75 Å². The molecule has 0 spiro atoms. The van der Waals surface area contributed by atoms with Crippen molar-refractivity contribution >= 4 is 39.1 Å². The summed E-state index contributed by atoms with van der Waals surface area (Å²) in [5.74, 6) is 0.603. The van der Waals surface area contributed by atoms with Gasteiger partial charge in [0, 0.05) is 18.5 Å². The first kappa shape index (κ1) is 17.8. The molecule has 1 aliphatic carbocycles. The summed E-state index contributed by atoms with van der Waals surface area (Å²) < 4.78 is 33.2. The number of hydrogen-bond acceptors (Lipinski definition) is 4. The molecule has 1 aromatic rings. The topological polar surface area (TPSA) is 84.5 Å². The highest BCUT2D eigenvalue weighted by Crippen LogP contribution is 2.38. The second-order valence-electron chi connectivity index (χ2n) is 6.09. The van der Waals surface area contributed by atoms with Crippen LogP contribution in [0, 0.1) is 5.92 Å². The molecule has 1 aromatic carbocycles. The Morgan fingerprint density at radius 3 is 2.54 bits per heavy atom.